The minimum absolute atomic E-state index is 0. The summed E-state index contributed by atoms with van der Waals surface area (Å²) in [6.07, 6.45) is 1.49. The molecule has 0 unspecified atom stereocenters. The van der Waals surface area contributed by atoms with Gasteiger partial charge in [0.05, 0.1) is 11.2 Å². The highest BCUT2D eigenvalue weighted by atomic mass is 127. The normalized spacial score (nSPS) is 15.0. The average molecular weight is 533 g/mol. The molecule has 29 heavy (non-hydrogen) atoms. The smallest absolute Gasteiger partial charge is 0.289 e. The zero-order chi connectivity index (χ0) is 20.1. The summed E-state index contributed by atoms with van der Waals surface area (Å²) in [6.45, 7) is 2.77. The minimum atomic E-state index is -3.74. The molecule has 3 N–H and O–H groups in total. The number of nitrogens with one attached hydrogen (secondary N) is 1. The highest BCUT2D eigenvalue weighted by molar-refractivity contribution is 14.0. The Labute approximate surface area is 187 Å². The molecular formula is C18H24IN5O4S. The van der Waals surface area contributed by atoms with E-state index in [1.54, 1.807) is 30.1 Å². The first-order chi connectivity index (χ1) is 13.4. The van der Waals surface area contributed by atoms with Gasteiger partial charge in [0.1, 0.15) is 0 Å². The number of carbonyl (C=O) groups excluding carboxylic acids is 1. The first-order valence-corrected chi connectivity index (χ1v) is 10.3. The van der Waals surface area contributed by atoms with E-state index in [1.807, 2.05) is 6.07 Å². The number of furan rings is 1. The molecule has 0 aliphatic carbocycles. The number of guanidine groups is 1. The molecular weight excluding hydrogens is 509 g/mol. The molecule has 9 nitrogen and oxygen atoms in total. The van der Waals surface area contributed by atoms with Gasteiger partial charge in [-0.1, -0.05) is 12.1 Å². The van der Waals surface area contributed by atoms with E-state index in [4.69, 9.17) is 9.56 Å². The van der Waals surface area contributed by atoms with Crippen LogP contribution in [0.4, 0.5) is 0 Å². The number of hydrogen-bond donors (Lipinski definition) is 2. The van der Waals surface area contributed by atoms with Gasteiger partial charge < -0.3 is 19.5 Å². The Balaban J connectivity index is 0.00000300. The number of hydrogen-bond acceptors (Lipinski definition) is 5. The quantitative estimate of drug-likeness (QED) is 0.345. The van der Waals surface area contributed by atoms with Gasteiger partial charge in [0.15, 0.2) is 11.7 Å². The lowest BCUT2D eigenvalue weighted by atomic mass is 10.2. The first-order valence-electron chi connectivity index (χ1n) is 8.78. The van der Waals surface area contributed by atoms with Crippen LogP contribution in [0.1, 0.15) is 16.1 Å². The lowest BCUT2D eigenvalue weighted by molar-refractivity contribution is 0.0657. The monoisotopic (exact) mass is 533 g/mol. The molecule has 158 valence electrons. The molecule has 0 atom stereocenters. The van der Waals surface area contributed by atoms with Gasteiger partial charge in [-0.05, 0) is 29.8 Å². The summed E-state index contributed by atoms with van der Waals surface area (Å²) in [5, 5.41) is 8.40. The number of carbonyl (C=O) groups is 1. The Morgan fingerprint density at radius 2 is 1.86 bits per heavy atom. The highest BCUT2D eigenvalue weighted by Gasteiger charge is 2.25. The van der Waals surface area contributed by atoms with Crippen LogP contribution >= 0.6 is 24.0 Å². The maximum absolute atomic E-state index is 12.3. The van der Waals surface area contributed by atoms with E-state index in [0.717, 1.165) is 5.56 Å². The molecule has 1 aromatic carbocycles. The second-order valence-electron chi connectivity index (χ2n) is 6.35. The van der Waals surface area contributed by atoms with Gasteiger partial charge in [0, 0.05) is 39.8 Å². The van der Waals surface area contributed by atoms with Crippen LogP contribution in [-0.2, 0) is 16.6 Å². The molecule has 0 saturated carbocycles. The number of halogens is 1. The van der Waals surface area contributed by atoms with Crippen molar-refractivity contribution in [1.29, 1.82) is 0 Å². The Hall–Kier alpha value is -2.12. The molecule has 1 saturated heterocycles. The van der Waals surface area contributed by atoms with Crippen LogP contribution in [0.3, 0.4) is 0 Å². The summed E-state index contributed by atoms with van der Waals surface area (Å²) in [5.74, 6) is 0.907. The van der Waals surface area contributed by atoms with Crippen LogP contribution in [0, 0.1) is 0 Å². The molecule has 2 heterocycles. The predicted octanol–water partition coefficient (Wildman–Crippen LogP) is 1.08. The number of nitrogens with zero attached hydrogens (tertiary/aromatic N) is 3. The Bertz CT molecular complexity index is 954. The van der Waals surface area contributed by atoms with Crippen molar-refractivity contribution in [2.45, 2.75) is 11.4 Å². The van der Waals surface area contributed by atoms with Gasteiger partial charge in [-0.3, -0.25) is 9.79 Å². The molecule has 1 amide bonds. The van der Waals surface area contributed by atoms with Crippen LogP contribution in [0.2, 0.25) is 0 Å². The van der Waals surface area contributed by atoms with Crippen molar-refractivity contribution in [2.24, 2.45) is 10.1 Å². The Morgan fingerprint density at radius 3 is 2.45 bits per heavy atom. The summed E-state index contributed by atoms with van der Waals surface area (Å²) in [5.41, 5.74) is 0.777. The van der Waals surface area contributed by atoms with E-state index < -0.39 is 10.0 Å². The summed E-state index contributed by atoms with van der Waals surface area (Å²) in [6, 6.07) is 9.82. The largest absolute Gasteiger partial charge is 0.459 e. The Morgan fingerprint density at radius 1 is 1.17 bits per heavy atom. The number of aliphatic imine (C=N–C) groups is 1. The molecule has 11 heteroatoms. The number of rotatable bonds is 4. The number of amides is 1. The van der Waals surface area contributed by atoms with Gasteiger partial charge >= 0.3 is 0 Å². The topological polar surface area (TPSA) is 121 Å². The minimum Gasteiger partial charge on any atom is -0.459 e. The van der Waals surface area contributed by atoms with Crippen molar-refractivity contribution in [2.75, 3.05) is 33.2 Å². The lowest BCUT2D eigenvalue weighted by Crippen LogP contribution is -2.53. The van der Waals surface area contributed by atoms with Gasteiger partial charge in [0.25, 0.3) is 5.91 Å². The standard InChI is InChI=1S/C18H23N5O4S.HI/c1-20-18(21-13-14-4-2-5-15(12-14)28(19,25)26)23-9-7-22(8-10-23)17(24)16-6-3-11-27-16;/h2-6,11-12H,7-10,13H2,1H3,(H,20,21)(H2,19,25,26);1H. The number of nitrogens with two attached hydrogens (primary N) is 1. The van der Waals surface area contributed by atoms with Crippen molar-refractivity contribution >= 4 is 45.9 Å². The number of primary sulfonamides is 1. The van der Waals surface area contributed by atoms with Crippen LogP contribution in [0.25, 0.3) is 0 Å². The second kappa shape index (κ2) is 10.1. The summed E-state index contributed by atoms with van der Waals surface area (Å²) < 4.78 is 28.1. The van der Waals surface area contributed by atoms with E-state index in [9.17, 15) is 13.2 Å². The van der Waals surface area contributed by atoms with Gasteiger partial charge in [-0.15, -0.1) is 24.0 Å². The fraction of sp³-hybridized carbons (Fsp3) is 0.333. The van der Waals surface area contributed by atoms with Crippen LogP contribution in [0.15, 0.2) is 57.0 Å². The maximum Gasteiger partial charge on any atom is 0.289 e. The molecule has 0 bridgehead atoms. The van der Waals surface area contributed by atoms with Crippen molar-refractivity contribution in [3.05, 3.63) is 54.0 Å². The van der Waals surface area contributed by atoms with E-state index >= 15 is 0 Å². The number of benzene rings is 1. The summed E-state index contributed by atoms with van der Waals surface area (Å²) in [4.78, 5) is 20.5. The van der Waals surface area contributed by atoms with Crippen molar-refractivity contribution < 1.29 is 17.6 Å². The fourth-order valence-electron chi connectivity index (χ4n) is 3.02. The van der Waals surface area contributed by atoms with Crippen molar-refractivity contribution in [3.63, 3.8) is 0 Å². The number of piperazine rings is 1. The summed E-state index contributed by atoms with van der Waals surface area (Å²) >= 11 is 0. The van der Waals surface area contributed by atoms with Gasteiger partial charge in [-0.2, -0.15) is 0 Å². The van der Waals surface area contributed by atoms with Crippen molar-refractivity contribution in [1.82, 2.24) is 15.1 Å². The van der Waals surface area contributed by atoms with E-state index in [-0.39, 0.29) is 34.8 Å². The van der Waals surface area contributed by atoms with E-state index in [2.05, 4.69) is 15.2 Å². The SMILES string of the molecule is CN=C(NCc1cccc(S(N)(=O)=O)c1)N1CCN(C(=O)c2ccco2)CC1.I. The average Bonchev–Trinajstić information content (AvgIpc) is 3.23. The van der Waals surface area contributed by atoms with Crippen molar-refractivity contribution in [3.8, 4) is 0 Å². The zero-order valence-corrected chi connectivity index (χ0v) is 19.1. The van der Waals surface area contributed by atoms with Gasteiger partial charge in [0.2, 0.25) is 10.0 Å². The third-order valence-electron chi connectivity index (χ3n) is 4.49. The molecule has 3 rings (SSSR count). The van der Waals surface area contributed by atoms with E-state index in [1.165, 1.54) is 18.4 Å². The maximum atomic E-state index is 12.3. The molecule has 1 fully saturated rings. The van der Waals surface area contributed by atoms with Gasteiger partial charge in [-0.25, -0.2) is 13.6 Å². The first kappa shape index (κ1) is 23.2. The highest BCUT2D eigenvalue weighted by Crippen LogP contribution is 2.11. The third kappa shape index (κ3) is 5.93. The lowest BCUT2D eigenvalue weighted by Gasteiger charge is -2.36. The third-order valence-corrected chi connectivity index (χ3v) is 5.40. The molecule has 1 aliphatic rings. The Kier molecular flexibility index (Phi) is 8.05. The molecule has 1 aliphatic heterocycles. The van der Waals surface area contributed by atoms with Crippen LogP contribution < -0.4 is 10.5 Å². The zero-order valence-electron chi connectivity index (χ0n) is 15.9. The number of sulfonamides is 1. The van der Waals surface area contributed by atoms with Crippen LogP contribution in [-0.4, -0.2) is 63.3 Å². The molecule has 0 radical (unpaired) electrons. The summed E-state index contributed by atoms with van der Waals surface area (Å²) in [7, 11) is -2.05. The molecule has 1 aromatic heterocycles. The van der Waals surface area contributed by atoms with Crippen LogP contribution in [0.5, 0.6) is 0 Å². The predicted molar refractivity (Wildman–Crippen MR) is 120 cm³/mol. The molecule has 2 aromatic rings. The second-order valence-corrected chi connectivity index (χ2v) is 7.91. The van der Waals surface area contributed by atoms with E-state index in [0.29, 0.717) is 44.4 Å². The fourth-order valence-corrected chi connectivity index (χ4v) is 3.61. The molecule has 0 spiro atoms.